The van der Waals surface area contributed by atoms with E-state index >= 15 is 0 Å². The minimum Gasteiger partial charge on any atom is -0.483 e. The molecule has 0 atom stereocenters. The van der Waals surface area contributed by atoms with E-state index in [1.54, 1.807) is 12.1 Å². The Morgan fingerprint density at radius 3 is 2.61 bits per heavy atom. The second-order valence-corrected chi connectivity index (χ2v) is 6.66. The van der Waals surface area contributed by atoms with E-state index in [1.807, 2.05) is 45.0 Å². The summed E-state index contributed by atoms with van der Waals surface area (Å²) in [5, 5.41) is 2.37. The molecule has 0 bridgehead atoms. The number of para-hydroxylation sites is 1. The molecule has 0 saturated heterocycles. The van der Waals surface area contributed by atoms with E-state index in [9.17, 15) is 9.59 Å². The first-order chi connectivity index (χ1) is 13.3. The Morgan fingerprint density at radius 1 is 1.18 bits per heavy atom. The predicted octanol–water partition coefficient (Wildman–Crippen LogP) is 2.83. The predicted molar refractivity (Wildman–Crippen MR) is 111 cm³/mol. The molecule has 0 aliphatic carbocycles. The standard InChI is InChI=1S/C20H23N3O4S/c1-13(2)16-6-4-5-7-17(16)26-12-19(25)22-23-20(28)21-18(24)11-10-15-9-8-14(3)27-15/h4-11,13H,12H2,1-3H3,(H,22,25)(H2,21,23,24,28). The summed E-state index contributed by atoms with van der Waals surface area (Å²) < 4.78 is 10.9. The van der Waals surface area contributed by atoms with Gasteiger partial charge in [-0.3, -0.25) is 25.8 Å². The molecule has 1 aromatic heterocycles. The zero-order valence-electron chi connectivity index (χ0n) is 15.9. The molecular weight excluding hydrogens is 378 g/mol. The summed E-state index contributed by atoms with van der Waals surface area (Å²) in [4.78, 5) is 23.7. The lowest BCUT2D eigenvalue weighted by Gasteiger charge is -2.14. The van der Waals surface area contributed by atoms with Crippen LogP contribution in [0.4, 0.5) is 0 Å². The molecule has 8 heteroatoms. The SMILES string of the molecule is Cc1ccc(C=CC(=O)NC(=S)NNC(=O)COc2ccccc2C(C)C)o1. The van der Waals surface area contributed by atoms with Gasteiger partial charge in [0.1, 0.15) is 17.3 Å². The van der Waals surface area contributed by atoms with Gasteiger partial charge in [0.2, 0.25) is 5.91 Å². The van der Waals surface area contributed by atoms with E-state index in [4.69, 9.17) is 21.4 Å². The van der Waals surface area contributed by atoms with Crippen molar-refractivity contribution < 1.29 is 18.7 Å². The van der Waals surface area contributed by atoms with E-state index < -0.39 is 11.8 Å². The Kier molecular flexibility index (Phi) is 7.76. The number of ether oxygens (including phenoxy) is 1. The van der Waals surface area contributed by atoms with Crippen molar-refractivity contribution in [2.24, 2.45) is 0 Å². The van der Waals surface area contributed by atoms with Crippen molar-refractivity contribution in [2.75, 3.05) is 6.61 Å². The molecule has 2 amide bonds. The highest BCUT2D eigenvalue weighted by Crippen LogP contribution is 2.25. The number of rotatable bonds is 6. The zero-order chi connectivity index (χ0) is 20.5. The van der Waals surface area contributed by atoms with E-state index in [0.29, 0.717) is 11.5 Å². The van der Waals surface area contributed by atoms with Crippen LogP contribution >= 0.6 is 12.2 Å². The summed E-state index contributed by atoms with van der Waals surface area (Å²) in [6, 6.07) is 11.1. The van der Waals surface area contributed by atoms with Crippen LogP contribution in [0.25, 0.3) is 6.08 Å². The van der Waals surface area contributed by atoms with Gasteiger partial charge >= 0.3 is 0 Å². The number of carbonyl (C=O) groups is 2. The molecule has 0 radical (unpaired) electrons. The second-order valence-electron chi connectivity index (χ2n) is 6.25. The molecule has 0 fully saturated rings. The summed E-state index contributed by atoms with van der Waals surface area (Å²) in [5.74, 6) is 1.34. The number of aryl methyl sites for hydroxylation is 1. The van der Waals surface area contributed by atoms with Crippen molar-refractivity contribution >= 4 is 35.2 Å². The van der Waals surface area contributed by atoms with Crippen LogP contribution in [0.1, 0.15) is 36.8 Å². The molecule has 3 N–H and O–H groups in total. The first-order valence-electron chi connectivity index (χ1n) is 8.71. The topological polar surface area (TPSA) is 92.6 Å². The second kappa shape index (κ2) is 10.3. The van der Waals surface area contributed by atoms with E-state index in [0.717, 1.165) is 11.3 Å². The van der Waals surface area contributed by atoms with E-state index in [-0.39, 0.29) is 17.6 Å². The largest absolute Gasteiger partial charge is 0.483 e. The highest BCUT2D eigenvalue weighted by molar-refractivity contribution is 7.80. The Bertz CT molecular complexity index is 874. The normalized spacial score (nSPS) is 10.7. The molecule has 2 rings (SSSR count). The number of hydrogen-bond donors (Lipinski definition) is 3. The van der Waals surface area contributed by atoms with Gasteiger partial charge in [0, 0.05) is 6.08 Å². The van der Waals surface area contributed by atoms with Crippen molar-refractivity contribution in [1.29, 1.82) is 0 Å². The Labute approximate surface area is 169 Å². The van der Waals surface area contributed by atoms with Crippen molar-refractivity contribution in [3.05, 3.63) is 59.6 Å². The Balaban J connectivity index is 1.73. The third-order valence-electron chi connectivity index (χ3n) is 3.61. The van der Waals surface area contributed by atoms with Crippen LogP contribution in [0.5, 0.6) is 5.75 Å². The van der Waals surface area contributed by atoms with Gasteiger partial charge in [-0.15, -0.1) is 0 Å². The molecule has 0 aliphatic heterocycles. The summed E-state index contributed by atoms with van der Waals surface area (Å²) in [5.41, 5.74) is 5.84. The average molecular weight is 401 g/mol. The molecule has 28 heavy (non-hydrogen) atoms. The number of carbonyl (C=O) groups excluding carboxylic acids is 2. The Hall–Kier alpha value is -3.13. The lowest BCUT2D eigenvalue weighted by atomic mass is 10.0. The molecule has 7 nitrogen and oxygen atoms in total. The van der Waals surface area contributed by atoms with Crippen LogP contribution in [0, 0.1) is 6.92 Å². The van der Waals surface area contributed by atoms with Crippen LogP contribution in [0.15, 0.2) is 46.9 Å². The van der Waals surface area contributed by atoms with E-state index in [1.165, 1.54) is 12.2 Å². The molecule has 1 heterocycles. The highest BCUT2D eigenvalue weighted by Gasteiger charge is 2.09. The van der Waals surface area contributed by atoms with Crippen molar-refractivity contribution in [3.8, 4) is 5.75 Å². The maximum Gasteiger partial charge on any atom is 0.276 e. The number of furan rings is 1. The molecule has 148 valence electrons. The molecule has 0 spiro atoms. The quantitative estimate of drug-likeness (QED) is 0.392. The number of nitrogens with one attached hydrogen (secondary N) is 3. The maximum atomic E-state index is 11.9. The first kappa shape index (κ1) is 21.2. The van der Waals surface area contributed by atoms with Crippen LogP contribution in [0.3, 0.4) is 0 Å². The average Bonchev–Trinajstić information content (AvgIpc) is 3.08. The van der Waals surface area contributed by atoms with Gasteiger partial charge in [-0.2, -0.15) is 0 Å². The molecule has 0 saturated carbocycles. The third kappa shape index (κ3) is 6.88. The van der Waals surface area contributed by atoms with Gasteiger partial charge < -0.3 is 9.15 Å². The fraction of sp³-hybridized carbons (Fsp3) is 0.250. The number of amides is 2. The fourth-order valence-electron chi connectivity index (χ4n) is 2.28. The summed E-state index contributed by atoms with van der Waals surface area (Å²) in [6.07, 6.45) is 2.80. The molecule has 0 unspecified atom stereocenters. The molecule has 1 aromatic carbocycles. The minimum absolute atomic E-state index is 0.0405. The Morgan fingerprint density at radius 2 is 1.93 bits per heavy atom. The van der Waals surface area contributed by atoms with Crippen LogP contribution in [0.2, 0.25) is 0 Å². The number of hydrogen-bond acceptors (Lipinski definition) is 5. The summed E-state index contributed by atoms with van der Waals surface area (Å²) >= 11 is 4.96. The zero-order valence-corrected chi connectivity index (χ0v) is 16.8. The lowest BCUT2D eigenvalue weighted by Crippen LogP contribution is -2.49. The molecule has 2 aromatic rings. The van der Waals surface area contributed by atoms with Gasteiger partial charge in [0.05, 0.1) is 0 Å². The minimum atomic E-state index is -0.456. The van der Waals surface area contributed by atoms with E-state index in [2.05, 4.69) is 16.2 Å². The van der Waals surface area contributed by atoms with Crippen molar-refractivity contribution in [3.63, 3.8) is 0 Å². The highest BCUT2D eigenvalue weighted by atomic mass is 32.1. The number of hydrazine groups is 1. The summed E-state index contributed by atoms with van der Waals surface area (Å²) in [6.45, 7) is 5.72. The monoisotopic (exact) mass is 401 g/mol. The smallest absolute Gasteiger partial charge is 0.276 e. The molecule has 0 aliphatic rings. The molecular formula is C20H23N3O4S. The van der Waals surface area contributed by atoms with Gasteiger partial charge in [-0.05, 0) is 54.9 Å². The number of benzene rings is 1. The van der Waals surface area contributed by atoms with Crippen molar-refractivity contribution in [1.82, 2.24) is 16.2 Å². The summed E-state index contributed by atoms with van der Waals surface area (Å²) in [7, 11) is 0. The number of thiocarbonyl (C=S) groups is 1. The first-order valence-corrected chi connectivity index (χ1v) is 9.12. The fourth-order valence-corrected chi connectivity index (χ4v) is 2.43. The maximum absolute atomic E-state index is 11.9. The van der Waals surface area contributed by atoms with Gasteiger partial charge in [0.15, 0.2) is 11.7 Å². The third-order valence-corrected chi connectivity index (χ3v) is 3.82. The van der Waals surface area contributed by atoms with Gasteiger partial charge in [0.25, 0.3) is 5.91 Å². The van der Waals surface area contributed by atoms with Crippen LogP contribution < -0.4 is 20.9 Å². The van der Waals surface area contributed by atoms with Crippen molar-refractivity contribution in [2.45, 2.75) is 26.7 Å². The lowest BCUT2D eigenvalue weighted by molar-refractivity contribution is -0.123. The van der Waals surface area contributed by atoms with Crippen LogP contribution in [-0.4, -0.2) is 23.5 Å². The van der Waals surface area contributed by atoms with Gasteiger partial charge in [-0.1, -0.05) is 32.0 Å². The van der Waals surface area contributed by atoms with Crippen LogP contribution in [-0.2, 0) is 9.59 Å². The van der Waals surface area contributed by atoms with Gasteiger partial charge in [-0.25, -0.2) is 0 Å².